The molecule has 0 atom stereocenters. The number of hydrogen-bond acceptors (Lipinski definition) is 7. The zero-order valence-corrected chi connectivity index (χ0v) is 39.2. The van der Waals surface area contributed by atoms with Gasteiger partial charge in [-0.1, -0.05) is 84.9 Å². The number of nitrogens with zero attached hydrogens (tertiary/aromatic N) is 4. The molecule has 0 saturated carbocycles. The van der Waals surface area contributed by atoms with Gasteiger partial charge in [0.05, 0.1) is 0 Å². The third kappa shape index (κ3) is 5.13. The minimum absolute atomic E-state index is 0.0710. The van der Waals surface area contributed by atoms with Gasteiger partial charge in [0, 0.05) is 104 Å². The Balaban J connectivity index is 0.854. The highest BCUT2D eigenvalue weighted by Crippen LogP contribution is 2.49. The molecule has 8 aromatic carbocycles. The van der Waals surface area contributed by atoms with Crippen LogP contribution in [0, 0.1) is 0 Å². The Kier molecular flexibility index (Phi) is 7.56. The molecule has 0 unspecified atom stereocenters. The quantitative estimate of drug-likeness (QED) is 0.161. The van der Waals surface area contributed by atoms with Gasteiger partial charge >= 0.3 is 0 Å². The second-order valence-electron chi connectivity index (χ2n) is 20.7. The minimum atomic E-state index is 0.0710. The molecular formula is C60H46B2N4O2S. The fourth-order valence-corrected chi connectivity index (χ4v) is 15.4. The number of aryl methyl sites for hydroxylation is 4. The summed E-state index contributed by atoms with van der Waals surface area (Å²) in [7, 11) is 0. The largest absolute Gasteiger partial charge is 0.458 e. The van der Waals surface area contributed by atoms with Crippen LogP contribution in [0.1, 0.15) is 47.9 Å². The number of thiophene rings is 1. The van der Waals surface area contributed by atoms with E-state index in [0.717, 1.165) is 101 Å². The van der Waals surface area contributed by atoms with E-state index in [-0.39, 0.29) is 13.4 Å². The van der Waals surface area contributed by atoms with E-state index in [9.17, 15) is 0 Å². The molecule has 0 spiro atoms. The van der Waals surface area contributed by atoms with Gasteiger partial charge in [-0.3, -0.25) is 0 Å². The van der Waals surface area contributed by atoms with Gasteiger partial charge in [0.1, 0.15) is 23.0 Å². The van der Waals surface area contributed by atoms with Crippen LogP contribution >= 0.6 is 11.3 Å². The van der Waals surface area contributed by atoms with Crippen LogP contribution in [-0.2, 0) is 25.7 Å². The molecule has 330 valence electrons. The van der Waals surface area contributed by atoms with E-state index in [1.807, 2.05) is 11.3 Å². The SMILES string of the molecule is c1ccc2c(c1)CCCN2c1cc2c3c(c1)N1CCCc4cccc(c41)B3c1cc3c(cc1O2)sc1cc2c(cc13)B1c3cccc4c3N(CCC4)c3cc(N4CCCc5ccccc54)cc(c31)O2. The lowest BCUT2D eigenvalue weighted by molar-refractivity contribution is 0.488. The second kappa shape index (κ2) is 13.8. The zero-order valence-electron chi connectivity index (χ0n) is 38.4. The van der Waals surface area contributed by atoms with E-state index >= 15 is 0 Å². The predicted molar refractivity (Wildman–Crippen MR) is 289 cm³/mol. The van der Waals surface area contributed by atoms with Crippen LogP contribution in [0.15, 0.2) is 133 Å². The molecule has 0 aliphatic carbocycles. The number of para-hydroxylation sites is 4. The van der Waals surface area contributed by atoms with Gasteiger partial charge in [-0.15, -0.1) is 11.3 Å². The van der Waals surface area contributed by atoms with Gasteiger partial charge in [0.25, 0.3) is 13.4 Å². The number of rotatable bonds is 2. The molecule has 8 aliphatic heterocycles. The molecule has 8 aliphatic rings. The summed E-state index contributed by atoms with van der Waals surface area (Å²) in [5, 5.41) is 2.60. The van der Waals surface area contributed by atoms with E-state index in [1.54, 1.807) is 0 Å². The van der Waals surface area contributed by atoms with Crippen LogP contribution in [0.25, 0.3) is 20.2 Å². The standard InChI is InChI=1S/C60H46B2N4O2S/c1-3-21-47-35(11-1)15-7-23-63(47)39-27-49-57-53(29-39)67-51-33-55-41(31-45(51)61(57)43-19-5-13-37-17-9-25-65(49)59(37)43)42-32-46-52(34-56(42)69-55)68-54-30-40(64-24-8-16-36-12-2-4-22-48(36)64)28-50-58(54)62(46)44-20-6-14-38-18-10-26-66(50)60(38)44/h1-6,11-14,19-22,27-34H,7-10,15-18,23-26H2. The maximum atomic E-state index is 7.28. The van der Waals surface area contributed by atoms with Crippen molar-refractivity contribution in [2.45, 2.75) is 51.4 Å². The number of ether oxygens (including phenoxy) is 2. The second-order valence-corrected chi connectivity index (χ2v) is 21.8. The lowest BCUT2D eigenvalue weighted by atomic mass is 9.33. The van der Waals surface area contributed by atoms with Gasteiger partial charge in [-0.25, -0.2) is 0 Å². The summed E-state index contributed by atoms with van der Waals surface area (Å²) in [5.74, 6) is 3.94. The van der Waals surface area contributed by atoms with Crippen LogP contribution < -0.4 is 61.9 Å². The fraction of sp³-hybridized carbons (Fsp3) is 0.200. The first-order chi connectivity index (χ1) is 34.2. The van der Waals surface area contributed by atoms with E-state index < -0.39 is 0 Å². The lowest BCUT2D eigenvalue weighted by Crippen LogP contribution is -2.61. The summed E-state index contributed by atoms with van der Waals surface area (Å²) in [6.45, 7) is 4.17. The van der Waals surface area contributed by atoms with E-state index in [4.69, 9.17) is 9.47 Å². The number of fused-ring (bicyclic) bond motifs is 13. The molecule has 1 aromatic heterocycles. The molecule has 17 rings (SSSR count). The smallest absolute Gasteiger partial charge is 0.256 e. The Morgan fingerprint density at radius 1 is 0.377 bits per heavy atom. The zero-order chi connectivity index (χ0) is 44.6. The summed E-state index contributed by atoms with van der Waals surface area (Å²) in [6.07, 6.45) is 9.03. The van der Waals surface area contributed by atoms with E-state index in [1.165, 1.54) is 121 Å². The summed E-state index contributed by atoms with van der Waals surface area (Å²) in [6, 6.07) is 51.5. The summed E-state index contributed by atoms with van der Waals surface area (Å²) < 4.78 is 17.1. The number of hydrogen-bond donors (Lipinski definition) is 0. The normalized spacial score (nSPS) is 17.2. The van der Waals surface area contributed by atoms with Crippen LogP contribution in [-0.4, -0.2) is 39.6 Å². The summed E-state index contributed by atoms with van der Waals surface area (Å²) in [4.78, 5) is 10.3. The van der Waals surface area contributed by atoms with E-state index in [0.29, 0.717) is 0 Å². The lowest BCUT2D eigenvalue weighted by Gasteiger charge is -2.44. The first-order valence-electron chi connectivity index (χ1n) is 25.4. The van der Waals surface area contributed by atoms with Gasteiger partial charge in [-0.05, 0) is 143 Å². The molecule has 0 N–H and O–H groups in total. The molecule has 0 radical (unpaired) electrons. The van der Waals surface area contributed by atoms with Gasteiger partial charge in [-0.2, -0.15) is 0 Å². The molecule has 0 bridgehead atoms. The number of anilines is 8. The average molecular weight is 909 g/mol. The molecular weight excluding hydrogens is 862 g/mol. The van der Waals surface area contributed by atoms with Crippen molar-refractivity contribution in [1.29, 1.82) is 0 Å². The molecule has 9 heteroatoms. The van der Waals surface area contributed by atoms with Crippen molar-refractivity contribution in [3.8, 4) is 23.0 Å². The highest BCUT2D eigenvalue weighted by Gasteiger charge is 2.46. The topological polar surface area (TPSA) is 31.4 Å². The van der Waals surface area contributed by atoms with Crippen molar-refractivity contribution in [3.05, 3.63) is 156 Å². The first kappa shape index (κ1) is 37.8. The van der Waals surface area contributed by atoms with Gasteiger partial charge in [0.2, 0.25) is 0 Å². The minimum Gasteiger partial charge on any atom is -0.458 e. The molecule has 9 heterocycles. The third-order valence-electron chi connectivity index (χ3n) is 17.1. The van der Waals surface area contributed by atoms with Crippen molar-refractivity contribution in [2.24, 2.45) is 0 Å². The first-order valence-corrected chi connectivity index (χ1v) is 26.3. The summed E-state index contributed by atoms with van der Waals surface area (Å²) >= 11 is 1.87. The molecule has 0 saturated heterocycles. The van der Waals surface area contributed by atoms with Crippen molar-refractivity contribution in [1.82, 2.24) is 0 Å². The van der Waals surface area contributed by atoms with Crippen molar-refractivity contribution >= 4 is 123 Å². The fourth-order valence-electron chi connectivity index (χ4n) is 14.3. The monoisotopic (exact) mass is 908 g/mol. The Hall–Kier alpha value is -7.09. The maximum Gasteiger partial charge on any atom is 0.256 e. The van der Waals surface area contributed by atoms with Crippen LogP contribution in [0.3, 0.4) is 0 Å². The van der Waals surface area contributed by atoms with E-state index in [2.05, 4.69) is 153 Å². The van der Waals surface area contributed by atoms with Gasteiger partial charge < -0.3 is 29.1 Å². The molecule has 6 nitrogen and oxygen atoms in total. The van der Waals surface area contributed by atoms with Gasteiger partial charge in [0.15, 0.2) is 0 Å². The Morgan fingerprint density at radius 2 is 0.812 bits per heavy atom. The highest BCUT2D eigenvalue weighted by atomic mass is 32.1. The molecule has 0 amide bonds. The maximum absolute atomic E-state index is 7.28. The van der Waals surface area contributed by atoms with Crippen molar-refractivity contribution in [3.63, 3.8) is 0 Å². The number of benzene rings is 8. The average Bonchev–Trinajstić information content (AvgIpc) is 3.74. The Bertz CT molecular complexity index is 3550. The van der Waals surface area contributed by atoms with Crippen LogP contribution in [0.5, 0.6) is 23.0 Å². The van der Waals surface area contributed by atoms with Crippen LogP contribution in [0.4, 0.5) is 45.5 Å². The molecule has 69 heavy (non-hydrogen) atoms. The van der Waals surface area contributed by atoms with Crippen LogP contribution in [0.2, 0.25) is 0 Å². The predicted octanol–water partition coefficient (Wildman–Crippen LogP) is 10.3. The third-order valence-corrected chi connectivity index (χ3v) is 18.2. The molecule has 0 fully saturated rings. The Labute approximate surface area is 406 Å². The Morgan fingerprint density at radius 3 is 1.30 bits per heavy atom. The molecule has 9 aromatic rings. The summed E-state index contributed by atoms with van der Waals surface area (Å²) in [5.41, 5.74) is 24.3. The highest BCUT2D eigenvalue weighted by molar-refractivity contribution is 7.26. The van der Waals surface area contributed by atoms with Crippen molar-refractivity contribution in [2.75, 3.05) is 45.8 Å². The van der Waals surface area contributed by atoms with Crippen molar-refractivity contribution < 1.29 is 9.47 Å².